The summed E-state index contributed by atoms with van der Waals surface area (Å²) < 4.78 is 0. The second-order valence-electron chi connectivity index (χ2n) is 12.2. The van der Waals surface area contributed by atoms with Gasteiger partial charge in [-0.05, 0) is 60.8 Å². The quantitative estimate of drug-likeness (QED) is 0.156. The third kappa shape index (κ3) is 7.42. The van der Waals surface area contributed by atoms with Crippen LogP contribution in [0.5, 0.6) is 0 Å². The second-order valence-corrected chi connectivity index (χ2v) is 12.2. The molecule has 230 valence electrons. The zero-order valence-corrected chi connectivity index (χ0v) is 25.5. The summed E-state index contributed by atoms with van der Waals surface area (Å²) in [4.78, 5) is 43.8. The minimum atomic E-state index is -0.431. The van der Waals surface area contributed by atoms with Gasteiger partial charge in [0.05, 0.1) is 11.3 Å². The molecule has 1 aliphatic heterocycles. The second kappa shape index (κ2) is 14.4. The van der Waals surface area contributed by atoms with Crippen LogP contribution in [0.1, 0.15) is 53.1 Å². The molecule has 0 bridgehead atoms. The molecule has 1 heterocycles. The smallest absolute Gasteiger partial charge is 0.269 e. The van der Waals surface area contributed by atoms with Gasteiger partial charge in [-0.1, -0.05) is 66.7 Å². The summed E-state index contributed by atoms with van der Waals surface area (Å²) >= 11 is 0. The number of hydrogen-bond acceptors (Lipinski definition) is 5. The number of piperidine rings is 1. The number of likely N-dealkylation sites (tertiary alicyclic amines) is 1. The van der Waals surface area contributed by atoms with Crippen LogP contribution in [0.15, 0.2) is 97.6 Å². The molecule has 1 aliphatic carbocycles. The first-order valence-corrected chi connectivity index (χ1v) is 15.6. The molecule has 2 aliphatic rings. The number of non-ortho nitro benzene ring substituents is 1. The Bertz CT molecular complexity index is 1440. The summed E-state index contributed by atoms with van der Waals surface area (Å²) in [5.41, 5.74) is 2.70. The Hall–Kier alpha value is -4.30. The van der Waals surface area contributed by atoms with E-state index in [0.717, 1.165) is 50.9 Å². The van der Waals surface area contributed by atoms with Gasteiger partial charge >= 0.3 is 0 Å². The molecule has 2 amide bonds. The summed E-state index contributed by atoms with van der Waals surface area (Å²) in [5, 5.41) is 11.2. The Kier molecular flexibility index (Phi) is 10.2. The molecule has 3 unspecified atom stereocenters. The predicted molar refractivity (Wildman–Crippen MR) is 172 cm³/mol. The van der Waals surface area contributed by atoms with E-state index >= 15 is 0 Å². The van der Waals surface area contributed by atoms with E-state index in [1.54, 1.807) is 18.2 Å². The summed E-state index contributed by atoms with van der Waals surface area (Å²) in [5.74, 6) is 0.835. The molecule has 8 heteroatoms. The maximum absolute atomic E-state index is 13.4. The SMILES string of the molecule is C=CCN(C(=O)Cc1cccc([N+](=O)[O-])c1)C1CCN(CC2CC(N(C)C(=O)c3ccccc3)CC2c2ccccc2)CC1. The van der Waals surface area contributed by atoms with E-state index in [1.165, 1.54) is 17.7 Å². The van der Waals surface area contributed by atoms with Gasteiger partial charge in [0.2, 0.25) is 5.91 Å². The van der Waals surface area contributed by atoms with Gasteiger partial charge in [0.25, 0.3) is 11.6 Å². The first kappa shape index (κ1) is 31.1. The molecule has 0 radical (unpaired) electrons. The lowest BCUT2D eigenvalue weighted by Gasteiger charge is -2.39. The van der Waals surface area contributed by atoms with Crippen molar-refractivity contribution in [3.05, 3.63) is 124 Å². The summed E-state index contributed by atoms with van der Waals surface area (Å²) in [6.07, 6.45) is 5.53. The molecule has 0 spiro atoms. The van der Waals surface area contributed by atoms with Crippen LogP contribution in [0.4, 0.5) is 5.69 Å². The maximum Gasteiger partial charge on any atom is 0.269 e. The van der Waals surface area contributed by atoms with E-state index in [4.69, 9.17) is 0 Å². The van der Waals surface area contributed by atoms with Crippen LogP contribution in [0, 0.1) is 16.0 Å². The zero-order valence-electron chi connectivity index (χ0n) is 25.5. The molecule has 0 aromatic heterocycles. The van der Waals surface area contributed by atoms with E-state index in [9.17, 15) is 19.7 Å². The van der Waals surface area contributed by atoms with E-state index in [0.29, 0.717) is 23.9 Å². The molecule has 1 saturated heterocycles. The Morgan fingerprint density at radius 3 is 2.30 bits per heavy atom. The van der Waals surface area contributed by atoms with Crippen molar-refractivity contribution in [3.63, 3.8) is 0 Å². The van der Waals surface area contributed by atoms with E-state index < -0.39 is 4.92 Å². The molecule has 3 aromatic carbocycles. The molecule has 3 atom stereocenters. The highest BCUT2D eigenvalue weighted by atomic mass is 16.6. The average Bonchev–Trinajstić information content (AvgIpc) is 3.48. The van der Waals surface area contributed by atoms with Gasteiger partial charge < -0.3 is 14.7 Å². The van der Waals surface area contributed by atoms with E-state index in [1.807, 2.05) is 47.2 Å². The number of nitro benzene ring substituents is 1. The van der Waals surface area contributed by atoms with Gasteiger partial charge in [0.1, 0.15) is 0 Å². The molecular formula is C36H42N4O4. The number of rotatable bonds is 11. The number of carbonyl (C=O) groups is 2. The van der Waals surface area contributed by atoms with Crippen LogP contribution < -0.4 is 0 Å². The van der Waals surface area contributed by atoms with Crippen molar-refractivity contribution in [1.82, 2.24) is 14.7 Å². The minimum absolute atomic E-state index is 0.00235. The number of amides is 2. The monoisotopic (exact) mass is 594 g/mol. The molecule has 3 aromatic rings. The van der Waals surface area contributed by atoms with Crippen molar-refractivity contribution >= 4 is 17.5 Å². The predicted octanol–water partition coefficient (Wildman–Crippen LogP) is 5.95. The van der Waals surface area contributed by atoms with Crippen molar-refractivity contribution < 1.29 is 14.5 Å². The summed E-state index contributed by atoms with van der Waals surface area (Å²) in [6.45, 7) is 7.08. The number of nitrogens with zero attached hydrogens (tertiary/aromatic N) is 4. The van der Waals surface area contributed by atoms with Crippen LogP contribution in [-0.4, -0.2) is 76.7 Å². The maximum atomic E-state index is 13.4. The highest BCUT2D eigenvalue weighted by Gasteiger charge is 2.40. The highest BCUT2D eigenvalue weighted by Crippen LogP contribution is 2.42. The molecule has 1 saturated carbocycles. The molecule has 2 fully saturated rings. The van der Waals surface area contributed by atoms with Crippen molar-refractivity contribution in [3.8, 4) is 0 Å². The van der Waals surface area contributed by atoms with Gasteiger partial charge in [-0.25, -0.2) is 0 Å². The third-order valence-corrected chi connectivity index (χ3v) is 9.40. The van der Waals surface area contributed by atoms with Gasteiger partial charge in [0.15, 0.2) is 0 Å². The average molecular weight is 595 g/mol. The zero-order chi connectivity index (χ0) is 31.1. The normalized spacial score (nSPS) is 20.6. The Morgan fingerprint density at radius 1 is 0.955 bits per heavy atom. The lowest BCUT2D eigenvalue weighted by atomic mass is 9.88. The molecular weight excluding hydrogens is 552 g/mol. The number of nitro groups is 1. The summed E-state index contributed by atoms with van der Waals surface area (Å²) in [7, 11) is 1.94. The van der Waals surface area contributed by atoms with Gasteiger partial charge in [-0.3, -0.25) is 19.7 Å². The van der Waals surface area contributed by atoms with Crippen molar-refractivity contribution in [2.45, 2.75) is 50.1 Å². The van der Waals surface area contributed by atoms with E-state index in [2.05, 4.69) is 41.8 Å². The van der Waals surface area contributed by atoms with Gasteiger partial charge in [-0.2, -0.15) is 0 Å². The number of hydrogen-bond donors (Lipinski definition) is 0. The summed E-state index contributed by atoms with van der Waals surface area (Å²) in [6, 6.07) is 26.8. The minimum Gasteiger partial charge on any atom is -0.339 e. The highest BCUT2D eigenvalue weighted by molar-refractivity contribution is 5.94. The fourth-order valence-electron chi connectivity index (χ4n) is 7.07. The van der Waals surface area contributed by atoms with Crippen molar-refractivity contribution in [2.75, 3.05) is 33.2 Å². The molecule has 8 nitrogen and oxygen atoms in total. The van der Waals surface area contributed by atoms with E-state index in [-0.39, 0.29) is 36.0 Å². The topological polar surface area (TPSA) is 87.0 Å². The standard InChI is InChI=1S/C36H42N4O4/c1-3-19-39(35(41)23-27-11-10-16-32(22-27)40(43)44)31-17-20-38(21-18-31)26-30-24-33(25-34(30)28-12-6-4-7-13-28)37(2)36(42)29-14-8-5-9-15-29/h3-16,22,30-31,33-34H,1,17-21,23-26H2,2H3. The first-order valence-electron chi connectivity index (χ1n) is 15.6. The van der Waals surface area contributed by atoms with Crippen molar-refractivity contribution in [2.24, 2.45) is 5.92 Å². The van der Waals surface area contributed by atoms with Crippen LogP contribution in [0.2, 0.25) is 0 Å². The largest absolute Gasteiger partial charge is 0.339 e. The van der Waals surface area contributed by atoms with Crippen molar-refractivity contribution in [1.29, 1.82) is 0 Å². The van der Waals surface area contributed by atoms with Crippen LogP contribution in [-0.2, 0) is 11.2 Å². The lowest BCUT2D eigenvalue weighted by molar-refractivity contribution is -0.384. The molecule has 5 rings (SSSR count). The van der Waals surface area contributed by atoms with Gasteiger partial charge in [-0.15, -0.1) is 6.58 Å². The van der Waals surface area contributed by atoms with Gasteiger partial charge in [0, 0.05) is 63.0 Å². The Labute approximate surface area is 260 Å². The van der Waals surface area contributed by atoms with Crippen LogP contribution in [0.3, 0.4) is 0 Å². The lowest BCUT2D eigenvalue weighted by Crippen LogP contribution is -2.48. The fourth-order valence-corrected chi connectivity index (χ4v) is 7.07. The Balaban J connectivity index is 1.22. The molecule has 44 heavy (non-hydrogen) atoms. The Morgan fingerprint density at radius 2 is 1.64 bits per heavy atom. The van der Waals surface area contributed by atoms with Crippen LogP contribution >= 0.6 is 0 Å². The fraction of sp³-hybridized carbons (Fsp3) is 0.389. The number of carbonyl (C=O) groups excluding carboxylic acids is 2. The molecule has 0 N–H and O–H groups in total. The van der Waals surface area contributed by atoms with Crippen LogP contribution in [0.25, 0.3) is 0 Å². The number of benzene rings is 3. The third-order valence-electron chi connectivity index (χ3n) is 9.40. The first-order chi connectivity index (χ1) is 21.3.